The lowest BCUT2D eigenvalue weighted by Crippen LogP contribution is -2.30. The summed E-state index contributed by atoms with van der Waals surface area (Å²) in [5.74, 6) is 0.122. The highest BCUT2D eigenvalue weighted by Crippen LogP contribution is 2.35. The van der Waals surface area contributed by atoms with Gasteiger partial charge in [0.1, 0.15) is 5.69 Å². The maximum atomic E-state index is 12.3. The fourth-order valence-electron chi connectivity index (χ4n) is 4.04. The molecule has 31 heavy (non-hydrogen) atoms. The van der Waals surface area contributed by atoms with Crippen LogP contribution in [0.2, 0.25) is 0 Å². The van der Waals surface area contributed by atoms with Gasteiger partial charge in [0.15, 0.2) is 0 Å². The predicted molar refractivity (Wildman–Crippen MR) is 123 cm³/mol. The quantitative estimate of drug-likeness (QED) is 0.454. The fourth-order valence-corrected chi connectivity index (χ4v) is 5.90. The van der Waals surface area contributed by atoms with Crippen molar-refractivity contribution in [3.63, 3.8) is 0 Å². The van der Waals surface area contributed by atoms with Gasteiger partial charge in [0.25, 0.3) is 0 Å². The molecule has 1 saturated heterocycles. The smallest absolute Gasteiger partial charge is 0.213 e. The van der Waals surface area contributed by atoms with Crippen LogP contribution >= 0.6 is 11.3 Å². The Labute approximate surface area is 185 Å². The summed E-state index contributed by atoms with van der Waals surface area (Å²) in [4.78, 5) is 9.07. The zero-order valence-electron chi connectivity index (χ0n) is 17.4. The molecule has 4 aromatic rings. The van der Waals surface area contributed by atoms with E-state index in [2.05, 4.69) is 17.1 Å². The third kappa shape index (κ3) is 3.77. The van der Waals surface area contributed by atoms with Crippen LogP contribution in [0, 0.1) is 6.92 Å². The molecular weight excluding hydrogens is 430 g/mol. The van der Waals surface area contributed by atoms with Gasteiger partial charge in [-0.3, -0.25) is 9.67 Å². The molecular formula is C22H23N5O2S2. The molecule has 4 heterocycles. The van der Waals surface area contributed by atoms with Crippen molar-refractivity contribution in [3.8, 4) is 22.5 Å². The zero-order chi connectivity index (χ0) is 21.6. The molecule has 0 bridgehead atoms. The van der Waals surface area contributed by atoms with E-state index in [1.54, 1.807) is 22.6 Å². The number of sulfonamides is 1. The second kappa shape index (κ2) is 7.81. The number of aromatic nitrogens is 4. The highest BCUT2D eigenvalue weighted by atomic mass is 32.2. The molecule has 0 aliphatic carbocycles. The summed E-state index contributed by atoms with van der Waals surface area (Å²) in [7, 11) is -3.20. The Hall–Kier alpha value is -2.62. The van der Waals surface area contributed by atoms with Crippen LogP contribution in [0.1, 0.15) is 25.1 Å². The van der Waals surface area contributed by atoms with Crippen molar-refractivity contribution >= 4 is 31.6 Å². The molecule has 9 heteroatoms. The van der Waals surface area contributed by atoms with Gasteiger partial charge in [-0.05, 0) is 50.1 Å². The molecule has 5 rings (SSSR count). The summed E-state index contributed by atoms with van der Waals surface area (Å²) in [5, 5.41) is 4.91. The first-order valence-electron chi connectivity index (χ1n) is 10.3. The number of pyridine rings is 1. The topological polar surface area (TPSA) is 81.0 Å². The molecule has 160 valence electrons. The lowest BCUT2D eigenvalue weighted by Gasteiger charge is -2.15. The summed E-state index contributed by atoms with van der Waals surface area (Å²) in [5.41, 5.74) is 7.42. The molecule has 0 saturated carbocycles. The van der Waals surface area contributed by atoms with Crippen molar-refractivity contribution in [1.82, 2.24) is 24.1 Å². The molecule has 0 unspecified atom stereocenters. The van der Waals surface area contributed by atoms with Crippen LogP contribution in [0.3, 0.4) is 0 Å². The molecule has 0 N–H and O–H groups in total. The van der Waals surface area contributed by atoms with Crippen molar-refractivity contribution < 1.29 is 8.42 Å². The minimum atomic E-state index is -3.20. The number of hydrogen-bond acceptors (Lipinski definition) is 6. The summed E-state index contributed by atoms with van der Waals surface area (Å²) >= 11 is 1.61. The largest absolute Gasteiger partial charge is 0.267 e. The highest BCUT2D eigenvalue weighted by Gasteiger charge is 2.32. The molecule has 0 amide bonds. The molecule has 1 aromatic carbocycles. The van der Waals surface area contributed by atoms with E-state index in [4.69, 9.17) is 10.1 Å². The van der Waals surface area contributed by atoms with Crippen LogP contribution in [0.15, 0.2) is 48.1 Å². The Bertz CT molecular complexity index is 1360. The van der Waals surface area contributed by atoms with Crippen molar-refractivity contribution in [3.05, 3.63) is 53.8 Å². The number of aryl methyl sites for hydroxylation is 1. The Morgan fingerprint density at radius 3 is 2.90 bits per heavy atom. The van der Waals surface area contributed by atoms with Crippen LogP contribution in [0.25, 0.3) is 32.7 Å². The van der Waals surface area contributed by atoms with E-state index in [1.807, 2.05) is 47.6 Å². The Balaban J connectivity index is 1.59. The number of nitrogens with zero attached hydrogens (tertiary/aromatic N) is 5. The monoisotopic (exact) mass is 453 g/mol. The standard InChI is InChI=1S/C22H23N5O2S2/c1-3-31(28,29)26-10-9-17(12-26)27-13-18(16-7-8-19-21(11-16)30-14-23-19)22(25-27)20-6-4-5-15(2)24-20/h4-8,11,13-14,17H,3,9-10,12H2,1-2H3/t17-/m1/s1. The summed E-state index contributed by atoms with van der Waals surface area (Å²) in [6.07, 6.45) is 2.78. The van der Waals surface area contributed by atoms with Crippen molar-refractivity contribution in [2.24, 2.45) is 0 Å². The molecule has 1 fully saturated rings. The Morgan fingerprint density at radius 2 is 2.10 bits per heavy atom. The highest BCUT2D eigenvalue weighted by molar-refractivity contribution is 7.89. The van der Waals surface area contributed by atoms with Gasteiger partial charge < -0.3 is 0 Å². The molecule has 1 aliphatic rings. The van der Waals surface area contributed by atoms with Crippen LogP contribution in [-0.2, 0) is 10.0 Å². The maximum Gasteiger partial charge on any atom is 0.213 e. The second-order valence-electron chi connectivity index (χ2n) is 7.77. The number of hydrogen-bond donors (Lipinski definition) is 0. The lowest BCUT2D eigenvalue weighted by molar-refractivity contribution is 0.435. The number of rotatable bonds is 5. The minimum Gasteiger partial charge on any atom is -0.267 e. The summed E-state index contributed by atoms with van der Waals surface area (Å²) in [6, 6.07) is 12.1. The zero-order valence-corrected chi connectivity index (χ0v) is 19.0. The van der Waals surface area contributed by atoms with E-state index in [-0.39, 0.29) is 11.8 Å². The van der Waals surface area contributed by atoms with Crippen molar-refractivity contribution in [2.45, 2.75) is 26.3 Å². The van der Waals surface area contributed by atoms with Crippen LogP contribution in [0.4, 0.5) is 0 Å². The summed E-state index contributed by atoms with van der Waals surface area (Å²) in [6.45, 7) is 4.63. The number of fused-ring (bicyclic) bond motifs is 1. The fraction of sp³-hybridized carbons (Fsp3) is 0.318. The van der Waals surface area contributed by atoms with E-state index in [1.165, 1.54) is 0 Å². The Kier molecular flexibility index (Phi) is 5.11. The number of benzene rings is 1. The van der Waals surface area contributed by atoms with Gasteiger partial charge in [0.2, 0.25) is 10.0 Å². The third-order valence-corrected chi connectivity index (χ3v) is 8.40. The SMILES string of the molecule is CCS(=O)(=O)N1CC[C@@H](n2cc(-c3ccc4ncsc4c3)c(-c3cccc(C)n3)n2)C1. The van der Waals surface area contributed by atoms with E-state index >= 15 is 0 Å². The molecule has 3 aromatic heterocycles. The Morgan fingerprint density at radius 1 is 1.23 bits per heavy atom. The normalized spacial score (nSPS) is 17.5. The van der Waals surface area contributed by atoms with Gasteiger partial charge in [-0.1, -0.05) is 12.1 Å². The third-order valence-electron chi connectivity index (χ3n) is 5.76. The lowest BCUT2D eigenvalue weighted by atomic mass is 10.0. The van der Waals surface area contributed by atoms with Gasteiger partial charge in [0, 0.05) is 30.5 Å². The first kappa shape index (κ1) is 20.3. The van der Waals surface area contributed by atoms with Crippen molar-refractivity contribution in [2.75, 3.05) is 18.8 Å². The van der Waals surface area contributed by atoms with E-state index in [0.29, 0.717) is 13.1 Å². The second-order valence-corrected chi connectivity index (χ2v) is 10.9. The molecule has 7 nitrogen and oxygen atoms in total. The molecule has 1 atom stereocenters. The average Bonchev–Trinajstić information content (AvgIpc) is 3.52. The van der Waals surface area contributed by atoms with Crippen molar-refractivity contribution in [1.29, 1.82) is 0 Å². The minimum absolute atomic E-state index is 0.00534. The summed E-state index contributed by atoms with van der Waals surface area (Å²) < 4.78 is 29.2. The molecule has 1 aliphatic heterocycles. The van der Waals surface area contributed by atoms with Crippen LogP contribution in [-0.4, -0.2) is 51.3 Å². The molecule has 0 radical (unpaired) electrons. The van der Waals surface area contributed by atoms with Gasteiger partial charge in [-0.15, -0.1) is 11.3 Å². The van der Waals surface area contributed by atoms with Crippen LogP contribution < -0.4 is 0 Å². The van der Waals surface area contributed by atoms with E-state index in [0.717, 1.165) is 44.8 Å². The predicted octanol–water partition coefficient (Wildman–Crippen LogP) is 4.13. The van der Waals surface area contributed by atoms with Gasteiger partial charge in [0.05, 0.1) is 33.2 Å². The van der Waals surface area contributed by atoms with E-state index < -0.39 is 10.0 Å². The van der Waals surface area contributed by atoms with Gasteiger partial charge in [-0.2, -0.15) is 9.40 Å². The number of thiazole rings is 1. The first-order chi connectivity index (χ1) is 14.9. The first-order valence-corrected chi connectivity index (χ1v) is 12.8. The maximum absolute atomic E-state index is 12.3. The van der Waals surface area contributed by atoms with Crippen LogP contribution in [0.5, 0.6) is 0 Å². The van der Waals surface area contributed by atoms with E-state index in [9.17, 15) is 8.42 Å². The average molecular weight is 454 g/mol. The molecule has 0 spiro atoms. The van der Waals surface area contributed by atoms with Gasteiger partial charge in [-0.25, -0.2) is 13.4 Å². The van der Waals surface area contributed by atoms with Gasteiger partial charge >= 0.3 is 0 Å².